The molecule has 2 rings (SSSR count). The molecule has 6 nitrogen and oxygen atoms in total. The molecule has 0 saturated heterocycles. The van der Waals surface area contributed by atoms with Gasteiger partial charge in [0, 0.05) is 29.2 Å². The minimum atomic E-state index is -0.590. The van der Waals surface area contributed by atoms with E-state index in [2.05, 4.69) is 5.32 Å². The number of ether oxygens (including phenoxy) is 1. The molecule has 1 aromatic heterocycles. The fourth-order valence-corrected chi connectivity index (χ4v) is 4.57. The SMILES string of the molecule is CCN(CC)C(=O)c1sc(NC(=O)C=Cc2ccc(Cl)cc2Cl)c(C(=O)OC(C)C)c1C. The molecule has 0 aliphatic rings. The lowest BCUT2D eigenvalue weighted by atomic mass is 10.1. The summed E-state index contributed by atoms with van der Waals surface area (Å²) in [5, 5.41) is 3.87. The first-order valence-corrected chi connectivity index (χ1v) is 11.7. The molecule has 2 aromatic rings. The van der Waals surface area contributed by atoms with Gasteiger partial charge in [0.15, 0.2) is 0 Å². The number of thiophene rings is 1. The van der Waals surface area contributed by atoms with Gasteiger partial charge in [-0.15, -0.1) is 11.3 Å². The number of carbonyl (C=O) groups excluding carboxylic acids is 3. The van der Waals surface area contributed by atoms with Crippen molar-refractivity contribution in [3.05, 3.63) is 55.9 Å². The lowest BCUT2D eigenvalue weighted by Gasteiger charge is -2.18. The van der Waals surface area contributed by atoms with Crippen molar-refractivity contribution in [2.75, 3.05) is 18.4 Å². The molecule has 0 radical (unpaired) electrons. The number of hydrogen-bond donors (Lipinski definition) is 1. The number of anilines is 1. The number of nitrogens with one attached hydrogen (secondary N) is 1. The van der Waals surface area contributed by atoms with E-state index in [1.165, 1.54) is 6.08 Å². The fraction of sp³-hybridized carbons (Fsp3) is 0.348. The number of carbonyl (C=O) groups is 3. The van der Waals surface area contributed by atoms with E-state index in [-0.39, 0.29) is 22.6 Å². The van der Waals surface area contributed by atoms with Crippen LogP contribution in [0.3, 0.4) is 0 Å². The second-order valence-corrected chi connectivity index (χ2v) is 9.04. The van der Waals surface area contributed by atoms with E-state index in [1.54, 1.807) is 49.9 Å². The zero-order chi connectivity index (χ0) is 24.0. The number of halogens is 2. The Balaban J connectivity index is 2.38. The first-order valence-electron chi connectivity index (χ1n) is 10.2. The van der Waals surface area contributed by atoms with Gasteiger partial charge in [0.1, 0.15) is 5.00 Å². The summed E-state index contributed by atoms with van der Waals surface area (Å²) in [4.78, 5) is 40.3. The quantitative estimate of drug-likeness (QED) is 0.355. The zero-order valence-electron chi connectivity index (χ0n) is 18.6. The maximum atomic E-state index is 12.9. The average molecular weight is 497 g/mol. The molecule has 0 unspecified atom stereocenters. The predicted molar refractivity (Wildman–Crippen MR) is 131 cm³/mol. The number of rotatable bonds is 8. The molecule has 1 N–H and O–H groups in total. The van der Waals surface area contributed by atoms with Crippen molar-refractivity contribution in [3.63, 3.8) is 0 Å². The Morgan fingerprint density at radius 2 is 1.84 bits per heavy atom. The summed E-state index contributed by atoms with van der Waals surface area (Å²) >= 11 is 13.1. The van der Waals surface area contributed by atoms with Crippen molar-refractivity contribution in [3.8, 4) is 0 Å². The Hall–Kier alpha value is -2.35. The molecule has 1 heterocycles. The van der Waals surface area contributed by atoms with E-state index in [0.29, 0.717) is 39.1 Å². The molecular weight excluding hydrogens is 471 g/mol. The van der Waals surface area contributed by atoms with Crippen LogP contribution in [0.1, 0.15) is 58.9 Å². The highest BCUT2D eigenvalue weighted by molar-refractivity contribution is 7.18. The molecular formula is C23H26Cl2N2O4S. The molecule has 0 spiro atoms. The lowest BCUT2D eigenvalue weighted by molar-refractivity contribution is -0.111. The van der Waals surface area contributed by atoms with Gasteiger partial charge in [-0.2, -0.15) is 0 Å². The molecule has 0 bridgehead atoms. The number of amides is 2. The van der Waals surface area contributed by atoms with Crippen molar-refractivity contribution in [1.82, 2.24) is 4.90 Å². The van der Waals surface area contributed by atoms with Crippen molar-refractivity contribution < 1.29 is 19.1 Å². The Bertz CT molecular complexity index is 1040. The van der Waals surface area contributed by atoms with Crippen LogP contribution in [0.4, 0.5) is 5.00 Å². The molecule has 0 aliphatic carbocycles. The summed E-state index contributed by atoms with van der Waals surface area (Å²) in [6.45, 7) is 9.98. The number of hydrogen-bond acceptors (Lipinski definition) is 5. The fourth-order valence-electron chi connectivity index (χ4n) is 2.93. The minimum Gasteiger partial charge on any atom is -0.459 e. The van der Waals surface area contributed by atoms with Gasteiger partial charge in [0.2, 0.25) is 5.91 Å². The van der Waals surface area contributed by atoms with Crippen molar-refractivity contribution in [2.45, 2.75) is 40.7 Å². The van der Waals surface area contributed by atoms with Gasteiger partial charge in [-0.25, -0.2) is 4.79 Å². The lowest BCUT2D eigenvalue weighted by Crippen LogP contribution is -2.30. The number of benzene rings is 1. The third-order valence-corrected chi connectivity index (χ3v) is 6.31. The van der Waals surface area contributed by atoms with E-state index < -0.39 is 11.9 Å². The Labute approximate surface area is 202 Å². The van der Waals surface area contributed by atoms with Gasteiger partial charge in [-0.1, -0.05) is 29.3 Å². The van der Waals surface area contributed by atoms with E-state index in [9.17, 15) is 14.4 Å². The summed E-state index contributed by atoms with van der Waals surface area (Å²) in [6.07, 6.45) is 2.50. The topological polar surface area (TPSA) is 75.7 Å². The highest BCUT2D eigenvalue weighted by atomic mass is 35.5. The van der Waals surface area contributed by atoms with Gasteiger partial charge in [0.25, 0.3) is 5.91 Å². The Morgan fingerprint density at radius 1 is 1.19 bits per heavy atom. The van der Waals surface area contributed by atoms with Crippen LogP contribution in [0.2, 0.25) is 10.0 Å². The summed E-state index contributed by atoms with van der Waals surface area (Å²) in [5.41, 5.74) is 1.29. The molecule has 1 aromatic carbocycles. The molecule has 9 heteroatoms. The van der Waals surface area contributed by atoms with E-state index in [4.69, 9.17) is 27.9 Å². The maximum absolute atomic E-state index is 12.9. The van der Waals surface area contributed by atoms with Crippen molar-refractivity contribution >= 4 is 63.4 Å². The molecule has 0 fully saturated rings. The van der Waals surface area contributed by atoms with Crippen LogP contribution in [0.15, 0.2) is 24.3 Å². The van der Waals surface area contributed by atoms with Gasteiger partial charge < -0.3 is 15.0 Å². The predicted octanol–water partition coefficient (Wildman–Crippen LogP) is 6.06. The molecule has 0 atom stereocenters. The van der Waals surface area contributed by atoms with Crippen LogP contribution in [0.5, 0.6) is 0 Å². The van der Waals surface area contributed by atoms with E-state index >= 15 is 0 Å². The van der Waals surface area contributed by atoms with Crippen LogP contribution >= 0.6 is 34.5 Å². The third-order valence-electron chi connectivity index (χ3n) is 4.55. The maximum Gasteiger partial charge on any atom is 0.341 e. The second-order valence-electron chi connectivity index (χ2n) is 7.18. The van der Waals surface area contributed by atoms with Crippen LogP contribution in [-0.4, -0.2) is 41.9 Å². The van der Waals surface area contributed by atoms with Crippen LogP contribution in [0, 0.1) is 6.92 Å². The zero-order valence-corrected chi connectivity index (χ0v) is 21.0. The number of nitrogens with zero attached hydrogens (tertiary/aromatic N) is 1. The summed E-state index contributed by atoms with van der Waals surface area (Å²) in [5.74, 6) is -1.26. The second kappa shape index (κ2) is 11.5. The first-order chi connectivity index (χ1) is 15.1. The summed E-state index contributed by atoms with van der Waals surface area (Å²) < 4.78 is 5.35. The van der Waals surface area contributed by atoms with Crippen molar-refractivity contribution in [2.24, 2.45) is 0 Å². The van der Waals surface area contributed by atoms with Gasteiger partial charge >= 0.3 is 5.97 Å². The van der Waals surface area contributed by atoms with Crippen LogP contribution in [-0.2, 0) is 9.53 Å². The van der Waals surface area contributed by atoms with Crippen LogP contribution < -0.4 is 5.32 Å². The summed E-state index contributed by atoms with van der Waals surface area (Å²) in [6, 6.07) is 4.93. The van der Waals surface area contributed by atoms with Gasteiger partial charge in [-0.3, -0.25) is 9.59 Å². The molecule has 0 aliphatic heterocycles. The number of esters is 1. The Morgan fingerprint density at radius 3 is 2.41 bits per heavy atom. The third kappa shape index (κ3) is 6.34. The van der Waals surface area contributed by atoms with E-state index in [0.717, 1.165) is 11.3 Å². The van der Waals surface area contributed by atoms with Crippen LogP contribution in [0.25, 0.3) is 6.08 Å². The van der Waals surface area contributed by atoms with Gasteiger partial charge in [0.05, 0.1) is 16.5 Å². The Kier molecular flexibility index (Phi) is 9.31. The highest BCUT2D eigenvalue weighted by Crippen LogP contribution is 2.35. The molecule has 32 heavy (non-hydrogen) atoms. The average Bonchev–Trinajstić information content (AvgIpc) is 3.03. The van der Waals surface area contributed by atoms with Crippen molar-refractivity contribution in [1.29, 1.82) is 0 Å². The standard InChI is InChI=1S/C23H26Cl2N2O4S/c1-6-27(7-2)22(29)20-14(5)19(23(30)31-13(3)4)21(32-20)26-18(28)11-9-15-8-10-16(24)12-17(15)25/h8-13H,6-7H2,1-5H3,(H,26,28). The van der Waals surface area contributed by atoms with Gasteiger partial charge in [-0.05, 0) is 64.0 Å². The molecule has 172 valence electrons. The first kappa shape index (κ1) is 25.9. The van der Waals surface area contributed by atoms with E-state index in [1.807, 2.05) is 13.8 Å². The molecule has 2 amide bonds. The summed E-state index contributed by atoms with van der Waals surface area (Å²) in [7, 11) is 0. The monoisotopic (exact) mass is 496 g/mol. The highest BCUT2D eigenvalue weighted by Gasteiger charge is 2.28. The normalized spacial score (nSPS) is 11.1. The largest absolute Gasteiger partial charge is 0.459 e. The smallest absolute Gasteiger partial charge is 0.341 e. The molecule has 0 saturated carbocycles. The minimum absolute atomic E-state index is 0.186.